The van der Waals surface area contributed by atoms with Crippen molar-refractivity contribution in [1.29, 1.82) is 0 Å². The van der Waals surface area contributed by atoms with Crippen molar-refractivity contribution in [3.8, 4) is 0 Å². The summed E-state index contributed by atoms with van der Waals surface area (Å²) in [5, 5.41) is 0. The predicted molar refractivity (Wildman–Crippen MR) is 274 cm³/mol. The van der Waals surface area contributed by atoms with Crippen LogP contribution in [0.4, 0.5) is 0 Å². The summed E-state index contributed by atoms with van der Waals surface area (Å²) in [4.78, 5) is 52.1. The number of unbranched alkanes of at least 4 members (excludes halogenated alkanes) is 20. The Bertz CT molecular complexity index is 1250. The molecule has 0 fully saturated rings. The van der Waals surface area contributed by atoms with Crippen LogP contribution >= 0.6 is 7.82 Å². The van der Waals surface area contributed by atoms with E-state index in [1.54, 1.807) is 6.92 Å². The molecule has 13 nitrogen and oxygen atoms in total. The first-order chi connectivity index (χ1) is 32.7. The van der Waals surface area contributed by atoms with E-state index in [1.165, 1.54) is 103 Å². The number of rotatable bonds is 50. The molecule has 0 radical (unpaired) electrons. The number of hydrogen-bond donors (Lipinski definition) is 0. The van der Waals surface area contributed by atoms with Crippen molar-refractivity contribution in [1.82, 2.24) is 0 Å². The van der Waals surface area contributed by atoms with Gasteiger partial charge in [-0.1, -0.05) is 156 Å². The van der Waals surface area contributed by atoms with Crippen molar-refractivity contribution in [3.05, 3.63) is 0 Å². The Balaban J connectivity index is 0. The molecule has 0 aliphatic rings. The van der Waals surface area contributed by atoms with E-state index in [1.807, 2.05) is 21.1 Å². The van der Waals surface area contributed by atoms with Crippen LogP contribution in [0.3, 0.4) is 0 Å². The van der Waals surface area contributed by atoms with Gasteiger partial charge in [0.15, 0.2) is 6.10 Å². The van der Waals surface area contributed by atoms with Gasteiger partial charge in [0.1, 0.15) is 32.0 Å². The molecule has 0 heterocycles. The van der Waals surface area contributed by atoms with Crippen molar-refractivity contribution in [2.24, 2.45) is 0 Å². The topological polar surface area (TPSA) is 150 Å². The van der Waals surface area contributed by atoms with Crippen molar-refractivity contribution >= 4 is 31.7 Å². The first kappa shape index (κ1) is 69.3. The molecule has 0 aromatic carbocycles. The average molecular weight is 1030 g/mol. The Labute approximate surface area is 428 Å². The van der Waals surface area contributed by atoms with Crippen molar-refractivity contribution < 1.29 is 73.2 Å². The van der Waals surface area contributed by atoms with Crippen LogP contribution in [0.15, 0.2) is 0 Å². The Morgan fingerprint density at radius 2 is 0.739 bits per heavy atom. The number of halogens is 1. The molecule has 0 bridgehead atoms. The molecular weight excluding hydrogens is 921 g/mol. The lowest BCUT2D eigenvalue weighted by molar-refractivity contribution is -0.870. The molecule has 15 heteroatoms. The molecule has 0 aromatic rings. The number of phosphoric ester groups is 1. The molecule has 0 rings (SSSR count). The molecule has 1 unspecified atom stereocenters. The van der Waals surface area contributed by atoms with E-state index < -0.39 is 32.5 Å². The minimum atomic E-state index is -4.05. The van der Waals surface area contributed by atoms with Crippen LogP contribution in [0.5, 0.6) is 0 Å². The fourth-order valence-corrected chi connectivity index (χ4v) is 9.06. The largest absolute Gasteiger partial charge is 1.00 e. The lowest BCUT2D eigenvalue weighted by Gasteiger charge is -2.25. The zero-order valence-electron chi connectivity index (χ0n) is 45.5. The summed E-state index contributed by atoms with van der Waals surface area (Å²) < 4.78 is 53.8. The highest BCUT2D eigenvalue weighted by atomic mass is 35.5. The average Bonchev–Trinajstić information content (AvgIpc) is 3.28. The summed E-state index contributed by atoms with van der Waals surface area (Å²) in [6, 6.07) is 0. The van der Waals surface area contributed by atoms with Gasteiger partial charge in [-0.3, -0.25) is 32.7 Å². The number of carbonyl (C=O) groups excluding carboxylic acids is 4. The number of esters is 4. The van der Waals surface area contributed by atoms with Crippen LogP contribution in [0.25, 0.3) is 0 Å². The minimum absolute atomic E-state index is 0. The van der Waals surface area contributed by atoms with E-state index in [0.717, 1.165) is 77.0 Å². The standard InChI is InChI=1S/C54H105NO12P.ClH/c1-9-14-18-22-26-30-36-48(37-31-27-23-19-15-10-2)65-52(57)41-34-40-51(56)61-46-50(47-64-68(60,62-13-5)63-45-44-55(6,7)8)67-54(59)43-35-42-53(58)66-49(38-32-28-24-20-16-11-3)39-33-29-25-21-17-12-4;/h48-50H,9-47H2,1-8H3;1H/q+1;/p-1/t50-,68?;/m1./s1. The molecular formula is C54H105ClNO12P. The van der Waals surface area contributed by atoms with Crippen LogP contribution in [0, 0.1) is 0 Å². The third kappa shape index (κ3) is 45.8. The van der Waals surface area contributed by atoms with E-state index in [4.69, 9.17) is 32.5 Å². The van der Waals surface area contributed by atoms with Crippen LogP contribution in [-0.4, -0.2) is 101 Å². The molecule has 0 aliphatic carbocycles. The highest BCUT2D eigenvalue weighted by molar-refractivity contribution is 7.48. The molecule has 0 amide bonds. The second-order valence-electron chi connectivity index (χ2n) is 20.0. The first-order valence-corrected chi connectivity index (χ1v) is 29.2. The third-order valence-electron chi connectivity index (χ3n) is 12.1. The van der Waals surface area contributed by atoms with E-state index in [9.17, 15) is 23.7 Å². The van der Waals surface area contributed by atoms with Crippen molar-refractivity contribution in [3.63, 3.8) is 0 Å². The van der Waals surface area contributed by atoms with Crippen LogP contribution in [0.2, 0.25) is 0 Å². The molecule has 0 aromatic heterocycles. The summed E-state index contributed by atoms with van der Waals surface area (Å²) in [5.41, 5.74) is 0. The zero-order valence-corrected chi connectivity index (χ0v) is 47.1. The van der Waals surface area contributed by atoms with Crippen molar-refractivity contribution in [2.45, 2.75) is 271 Å². The van der Waals surface area contributed by atoms with Gasteiger partial charge in [0, 0.05) is 25.7 Å². The maximum absolute atomic E-state index is 13.5. The lowest BCUT2D eigenvalue weighted by atomic mass is 10.0. The van der Waals surface area contributed by atoms with Crippen LogP contribution in [0.1, 0.15) is 253 Å². The van der Waals surface area contributed by atoms with Gasteiger partial charge in [-0.05, 0) is 71.1 Å². The van der Waals surface area contributed by atoms with Gasteiger partial charge in [-0.15, -0.1) is 0 Å². The van der Waals surface area contributed by atoms with Gasteiger partial charge in [0.05, 0.1) is 34.4 Å². The number of carbonyl (C=O) groups is 4. The number of phosphoric acid groups is 1. The van der Waals surface area contributed by atoms with E-state index in [2.05, 4.69) is 27.7 Å². The van der Waals surface area contributed by atoms with Gasteiger partial charge in [0.25, 0.3) is 0 Å². The quantitative estimate of drug-likeness (QED) is 0.0188. The Kier molecular flexibility index (Phi) is 47.5. The number of hydrogen-bond acceptors (Lipinski definition) is 12. The molecule has 0 N–H and O–H groups in total. The van der Waals surface area contributed by atoms with Gasteiger partial charge < -0.3 is 35.8 Å². The van der Waals surface area contributed by atoms with Gasteiger partial charge in [-0.2, -0.15) is 0 Å². The molecule has 0 spiro atoms. The van der Waals surface area contributed by atoms with E-state index >= 15 is 0 Å². The van der Waals surface area contributed by atoms with E-state index in [0.29, 0.717) is 11.0 Å². The maximum atomic E-state index is 13.5. The second kappa shape index (κ2) is 47.3. The van der Waals surface area contributed by atoms with Gasteiger partial charge in [0.2, 0.25) is 0 Å². The summed E-state index contributed by atoms with van der Waals surface area (Å²) in [7, 11) is 1.86. The maximum Gasteiger partial charge on any atom is 0.475 e. The normalized spacial score (nSPS) is 13.0. The van der Waals surface area contributed by atoms with Crippen molar-refractivity contribution in [2.75, 3.05) is 54.1 Å². The summed E-state index contributed by atoms with van der Waals surface area (Å²) in [6.45, 7) is 10.4. The van der Waals surface area contributed by atoms with Crippen LogP contribution in [-0.2, 0) is 56.3 Å². The smallest absolute Gasteiger partial charge is 0.475 e. The molecule has 410 valence electrons. The molecule has 0 saturated carbocycles. The highest BCUT2D eigenvalue weighted by Crippen LogP contribution is 2.49. The van der Waals surface area contributed by atoms with Crippen LogP contribution < -0.4 is 12.4 Å². The molecule has 0 saturated heterocycles. The lowest BCUT2D eigenvalue weighted by Crippen LogP contribution is -3.00. The third-order valence-corrected chi connectivity index (χ3v) is 13.6. The number of likely N-dealkylation sites (N-methyl/N-ethyl adjacent to an activating group) is 1. The minimum Gasteiger partial charge on any atom is -1.00 e. The van der Waals surface area contributed by atoms with E-state index in [-0.39, 0.29) is 94.9 Å². The molecule has 2 atom stereocenters. The number of ether oxygens (including phenoxy) is 4. The summed E-state index contributed by atoms with van der Waals surface area (Å²) >= 11 is 0. The Morgan fingerprint density at radius 1 is 0.406 bits per heavy atom. The van der Waals surface area contributed by atoms with Gasteiger partial charge >= 0.3 is 31.7 Å². The Hall–Kier alpha value is -1.76. The second-order valence-corrected chi connectivity index (χ2v) is 21.6. The monoisotopic (exact) mass is 1030 g/mol. The first-order valence-electron chi connectivity index (χ1n) is 27.8. The predicted octanol–water partition coefficient (Wildman–Crippen LogP) is 11.5. The number of quaternary nitrogens is 1. The SMILES string of the molecule is CCCCCCCCC(CCCCCCCC)OC(=O)CCCC(=O)OC[C@H](COP(=O)(OCC)OCC[N+](C)(C)C)OC(=O)CCCC(=O)OC(CCCCCCCC)CCCCCCCC.[Cl-]. The zero-order chi connectivity index (χ0) is 50.6. The Morgan fingerprint density at radius 3 is 1.09 bits per heavy atom. The number of nitrogens with zero attached hydrogens (tertiary/aromatic N) is 1. The summed E-state index contributed by atoms with van der Waals surface area (Å²) in [5.74, 6) is -1.85. The summed E-state index contributed by atoms with van der Waals surface area (Å²) in [6.07, 6.45) is 30.7. The molecule has 0 aliphatic heterocycles. The fraction of sp³-hybridized carbons (Fsp3) is 0.926. The fourth-order valence-electron chi connectivity index (χ4n) is 7.87. The highest BCUT2D eigenvalue weighted by Gasteiger charge is 2.30. The van der Waals surface area contributed by atoms with Gasteiger partial charge in [-0.25, -0.2) is 4.57 Å². The molecule has 69 heavy (non-hydrogen) atoms.